The number of hydrogen-bond donors (Lipinski definition) is 2. The number of hydrogen-bond acceptors (Lipinski definition) is 5. The van der Waals surface area contributed by atoms with Gasteiger partial charge in [0.1, 0.15) is 18.1 Å². The third-order valence-corrected chi connectivity index (χ3v) is 4.38. The maximum Gasteiger partial charge on any atom is 0.226 e. The first kappa shape index (κ1) is 15.3. The predicted molar refractivity (Wildman–Crippen MR) is 89.8 cm³/mol. The number of ether oxygens (including phenoxy) is 1. The van der Waals surface area contributed by atoms with Gasteiger partial charge < -0.3 is 19.6 Å². The number of rotatable bonds is 4. The Kier molecular flexibility index (Phi) is 3.68. The molecule has 1 aliphatic heterocycles. The summed E-state index contributed by atoms with van der Waals surface area (Å²) < 4.78 is 12.3. The van der Waals surface area contributed by atoms with Crippen LogP contribution in [0.2, 0.25) is 0 Å². The first-order chi connectivity index (χ1) is 12.2. The zero-order valence-corrected chi connectivity index (χ0v) is 13.6. The molecule has 1 aromatic carbocycles. The second-order valence-corrected chi connectivity index (χ2v) is 5.92. The first-order valence-corrected chi connectivity index (χ1v) is 7.90. The predicted octanol–water partition coefficient (Wildman–Crippen LogP) is 2.71. The maximum absolute atomic E-state index is 12.2. The van der Waals surface area contributed by atoms with Crippen LogP contribution in [0.5, 0.6) is 11.5 Å². The van der Waals surface area contributed by atoms with Gasteiger partial charge in [0.25, 0.3) is 0 Å². The number of phenols is 1. The number of furan rings is 1. The number of methoxy groups -OCH3 is 1. The van der Waals surface area contributed by atoms with Gasteiger partial charge in [-0.15, -0.1) is 0 Å². The molecule has 3 heterocycles. The van der Waals surface area contributed by atoms with E-state index in [1.165, 1.54) is 7.11 Å². The van der Waals surface area contributed by atoms with Gasteiger partial charge >= 0.3 is 0 Å². The number of amides is 1. The maximum atomic E-state index is 12.2. The number of carbonyl (C=O) groups is 1. The fraction of sp³-hybridized carbons (Fsp3) is 0.222. The number of phenolic OH excluding ortho intramolecular Hbond substituents is 1. The molecule has 0 unspecified atom stereocenters. The van der Waals surface area contributed by atoms with E-state index in [1.807, 2.05) is 12.1 Å². The van der Waals surface area contributed by atoms with E-state index in [4.69, 9.17) is 9.15 Å². The van der Waals surface area contributed by atoms with Crippen molar-refractivity contribution in [3.8, 4) is 11.5 Å². The molecule has 0 saturated carbocycles. The number of fused-ring (bicyclic) bond motifs is 1. The van der Waals surface area contributed by atoms with Crippen molar-refractivity contribution in [2.24, 2.45) is 0 Å². The monoisotopic (exact) mass is 339 g/mol. The summed E-state index contributed by atoms with van der Waals surface area (Å²) in [5.74, 6) is 1.65. The van der Waals surface area contributed by atoms with Crippen molar-refractivity contribution in [3.05, 3.63) is 59.7 Å². The van der Waals surface area contributed by atoms with Crippen molar-refractivity contribution in [2.45, 2.75) is 18.9 Å². The summed E-state index contributed by atoms with van der Waals surface area (Å²) in [6.45, 7) is 0.439. The van der Waals surface area contributed by atoms with Crippen LogP contribution in [0.15, 0.2) is 47.2 Å². The Bertz CT molecular complexity index is 915. The highest BCUT2D eigenvalue weighted by Crippen LogP contribution is 2.39. The number of carbonyl (C=O) groups excluding carboxylic acids is 1. The minimum absolute atomic E-state index is 0.0697. The topological polar surface area (TPSA) is 89.5 Å². The molecule has 25 heavy (non-hydrogen) atoms. The highest BCUT2D eigenvalue weighted by molar-refractivity contribution is 5.94. The molecule has 128 valence electrons. The number of aromatic hydroxyl groups is 1. The molecule has 7 heteroatoms. The molecule has 0 spiro atoms. The van der Waals surface area contributed by atoms with Crippen LogP contribution in [0.4, 0.5) is 5.82 Å². The third-order valence-electron chi connectivity index (χ3n) is 4.38. The Labute approximate surface area is 143 Å². The molecule has 0 fully saturated rings. The average Bonchev–Trinajstić information content (AvgIpc) is 3.26. The molecule has 1 atom stereocenters. The summed E-state index contributed by atoms with van der Waals surface area (Å²) in [4.78, 5) is 12.2. The number of nitrogens with zero attached hydrogens (tertiary/aromatic N) is 2. The molecular weight excluding hydrogens is 322 g/mol. The van der Waals surface area contributed by atoms with Gasteiger partial charge in [0, 0.05) is 17.9 Å². The van der Waals surface area contributed by atoms with Crippen molar-refractivity contribution in [1.29, 1.82) is 0 Å². The minimum atomic E-state index is -0.149. The van der Waals surface area contributed by atoms with E-state index in [2.05, 4.69) is 10.4 Å². The summed E-state index contributed by atoms with van der Waals surface area (Å²) in [6, 6.07) is 8.81. The van der Waals surface area contributed by atoms with Gasteiger partial charge in [-0.2, -0.15) is 5.10 Å². The Hall–Kier alpha value is -3.22. The minimum Gasteiger partial charge on any atom is -0.504 e. The number of anilines is 1. The molecular formula is C18H17N3O4. The van der Waals surface area contributed by atoms with Crippen LogP contribution in [0.25, 0.3) is 0 Å². The molecule has 7 nitrogen and oxygen atoms in total. The Morgan fingerprint density at radius 3 is 3.08 bits per heavy atom. The van der Waals surface area contributed by atoms with Crippen molar-refractivity contribution >= 4 is 11.7 Å². The zero-order valence-electron chi connectivity index (χ0n) is 13.6. The number of nitrogens with one attached hydrogen (secondary N) is 1. The van der Waals surface area contributed by atoms with Crippen LogP contribution < -0.4 is 10.1 Å². The quantitative estimate of drug-likeness (QED) is 0.763. The van der Waals surface area contributed by atoms with Crippen molar-refractivity contribution < 1.29 is 19.1 Å². The summed E-state index contributed by atoms with van der Waals surface area (Å²) >= 11 is 0. The molecule has 1 aliphatic rings. The van der Waals surface area contributed by atoms with Gasteiger partial charge in [-0.25, -0.2) is 4.68 Å². The van der Waals surface area contributed by atoms with E-state index in [-0.39, 0.29) is 17.6 Å². The van der Waals surface area contributed by atoms with Crippen molar-refractivity contribution in [3.63, 3.8) is 0 Å². The molecule has 3 aromatic rings. The number of aromatic nitrogens is 2. The lowest BCUT2D eigenvalue weighted by atomic mass is 9.87. The van der Waals surface area contributed by atoms with Gasteiger partial charge in [0.05, 0.1) is 19.6 Å². The Balaban J connectivity index is 1.73. The molecule has 2 aromatic heterocycles. The SMILES string of the molecule is COc1cc([C@H]2CC(=O)Nc3c2cnn3Cc2ccco2)ccc1O. The molecule has 0 saturated heterocycles. The van der Waals surface area contributed by atoms with Crippen LogP contribution in [0.3, 0.4) is 0 Å². The van der Waals surface area contributed by atoms with Crippen molar-refractivity contribution in [2.75, 3.05) is 12.4 Å². The second-order valence-electron chi connectivity index (χ2n) is 5.92. The van der Waals surface area contributed by atoms with E-state index in [0.717, 1.165) is 16.9 Å². The van der Waals surface area contributed by atoms with Gasteiger partial charge in [0.15, 0.2) is 11.5 Å². The Morgan fingerprint density at radius 2 is 2.32 bits per heavy atom. The van der Waals surface area contributed by atoms with Crippen LogP contribution in [-0.4, -0.2) is 27.9 Å². The zero-order chi connectivity index (χ0) is 17.4. The molecule has 1 amide bonds. The summed E-state index contributed by atoms with van der Waals surface area (Å²) in [5.41, 5.74) is 1.82. The van der Waals surface area contributed by atoms with Gasteiger partial charge in [-0.05, 0) is 29.8 Å². The van der Waals surface area contributed by atoms with Crippen LogP contribution in [-0.2, 0) is 11.3 Å². The highest BCUT2D eigenvalue weighted by Gasteiger charge is 2.30. The molecule has 0 radical (unpaired) electrons. The lowest BCUT2D eigenvalue weighted by Gasteiger charge is -2.24. The molecule has 4 rings (SSSR count). The molecule has 0 aliphatic carbocycles. The van der Waals surface area contributed by atoms with E-state index in [0.29, 0.717) is 24.5 Å². The van der Waals surface area contributed by atoms with Gasteiger partial charge in [-0.1, -0.05) is 6.07 Å². The van der Waals surface area contributed by atoms with Crippen molar-refractivity contribution in [1.82, 2.24) is 9.78 Å². The normalized spacial score (nSPS) is 16.4. The van der Waals surface area contributed by atoms with Crippen LogP contribution in [0.1, 0.15) is 29.2 Å². The van der Waals surface area contributed by atoms with Gasteiger partial charge in [0.2, 0.25) is 5.91 Å². The van der Waals surface area contributed by atoms with Gasteiger partial charge in [-0.3, -0.25) is 4.79 Å². The lowest BCUT2D eigenvalue weighted by molar-refractivity contribution is -0.116. The van der Waals surface area contributed by atoms with E-state index >= 15 is 0 Å². The molecule has 2 N–H and O–H groups in total. The lowest BCUT2D eigenvalue weighted by Crippen LogP contribution is -2.25. The van der Waals surface area contributed by atoms with Crippen LogP contribution in [0, 0.1) is 0 Å². The molecule has 0 bridgehead atoms. The summed E-state index contributed by atoms with van der Waals surface area (Å²) in [6.07, 6.45) is 3.68. The third kappa shape index (κ3) is 2.73. The first-order valence-electron chi connectivity index (χ1n) is 7.90. The fourth-order valence-corrected chi connectivity index (χ4v) is 3.15. The highest BCUT2D eigenvalue weighted by atomic mass is 16.5. The standard InChI is InChI=1S/C18H17N3O4/c1-24-16-7-11(4-5-15(16)22)13-8-17(23)20-18-14(13)9-19-21(18)10-12-3-2-6-25-12/h2-7,9,13,22H,8,10H2,1H3,(H,20,23)/t13-/m1/s1. The fourth-order valence-electron chi connectivity index (χ4n) is 3.15. The van der Waals surface area contributed by atoms with E-state index in [9.17, 15) is 9.90 Å². The van der Waals surface area contributed by atoms with Crippen LogP contribution >= 0.6 is 0 Å². The van der Waals surface area contributed by atoms with E-state index in [1.54, 1.807) is 35.3 Å². The summed E-state index contributed by atoms with van der Waals surface area (Å²) in [5, 5.41) is 17.1. The average molecular weight is 339 g/mol. The smallest absolute Gasteiger partial charge is 0.226 e. The Morgan fingerprint density at radius 1 is 1.44 bits per heavy atom. The van der Waals surface area contributed by atoms with E-state index < -0.39 is 0 Å². The second kappa shape index (κ2) is 6.01. The number of benzene rings is 1. The summed E-state index contributed by atoms with van der Waals surface area (Å²) in [7, 11) is 1.50. The largest absolute Gasteiger partial charge is 0.504 e.